The van der Waals surface area contributed by atoms with Crippen LogP contribution in [-0.4, -0.2) is 85.5 Å². The summed E-state index contributed by atoms with van der Waals surface area (Å²) in [4.78, 5) is 46.9. The summed E-state index contributed by atoms with van der Waals surface area (Å²) in [5.74, 6) is -4.65. The Hall–Kier alpha value is -4.54. The van der Waals surface area contributed by atoms with Gasteiger partial charge in [0.2, 0.25) is 0 Å². The smallest absolute Gasteiger partial charge is 0.295 e. The standard InChI is InChI=1S/C23H21N7O4/c1-34-17-14-25-21(30-8-7-26-27-30)19-18(17)16(13-24-19)20(31)23(33)29-11-9-28(10-12-29)22(32)15-5-3-2-4-6-15/h2-8,13-14,24H,9-12H2,1H3/i9D2,10D2,11D2,12D2. The van der Waals surface area contributed by atoms with Crippen molar-refractivity contribution >= 4 is 28.5 Å². The number of rotatable bonds is 5. The van der Waals surface area contributed by atoms with Crippen LogP contribution in [0.5, 0.6) is 5.75 Å². The third kappa shape index (κ3) is 3.66. The maximum absolute atomic E-state index is 13.7. The quantitative estimate of drug-likeness (QED) is 0.346. The Labute approximate surface area is 205 Å². The lowest BCUT2D eigenvalue weighted by atomic mass is 10.1. The lowest BCUT2D eigenvalue weighted by Crippen LogP contribution is -2.52. The van der Waals surface area contributed by atoms with E-state index in [1.54, 1.807) is 0 Å². The summed E-state index contributed by atoms with van der Waals surface area (Å²) in [6.07, 6.45) is 5.10. The number of nitrogens with one attached hydrogen (secondary N) is 1. The van der Waals surface area contributed by atoms with Crippen molar-refractivity contribution in [2.24, 2.45) is 0 Å². The van der Waals surface area contributed by atoms with Crippen molar-refractivity contribution in [3.8, 4) is 11.6 Å². The van der Waals surface area contributed by atoms with Gasteiger partial charge in [0.25, 0.3) is 17.6 Å². The fourth-order valence-electron chi connectivity index (χ4n) is 3.32. The molecule has 0 atom stereocenters. The molecule has 0 aliphatic carbocycles. The van der Waals surface area contributed by atoms with Crippen LogP contribution < -0.4 is 4.74 Å². The van der Waals surface area contributed by atoms with Crippen LogP contribution in [0.2, 0.25) is 0 Å². The minimum atomic E-state index is -3.75. The number of carbonyl (C=O) groups is 3. The van der Waals surface area contributed by atoms with Gasteiger partial charge < -0.3 is 19.5 Å². The zero-order valence-electron chi connectivity index (χ0n) is 25.5. The molecule has 1 saturated heterocycles. The monoisotopic (exact) mass is 467 g/mol. The molecule has 4 heterocycles. The Morgan fingerprint density at radius 2 is 1.82 bits per heavy atom. The summed E-state index contributed by atoms with van der Waals surface area (Å²) >= 11 is 0. The molecule has 2 amide bonds. The fraction of sp³-hybridized carbons (Fsp3) is 0.217. The number of carbonyl (C=O) groups excluding carboxylic acids is 3. The predicted molar refractivity (Wildman–Crippen MR) is 121 cm³/mol. The highest BCUT2D eigenvalue weighted by Gasteiger charge is 2.31. The maximum Gasteiger partial charge on any atom is 0.295 e. The average molecular weight is 468 g/mol. The van der Waals surface area contributed by atoms with Gasteiger partial charge in [-0.15, -0.1) is 5.10 Å². The van der Waals surface area contributed by atoms with Gasteiger partial charge in [0.05, 0.1) is 53.1 Å². The second-order valence-electron chi connectivity index (χ2n) is 6.87. The van der Waals surface area contributed by atoms with E-state index in [-0.39, 0.29) is 32.9 Å². The normalized spacial score (nSPS) is 23.2. The number of nitrogens with zero attached hydrogens (tertiary/aromatic N) is 6. The molecule has 172 valence electrons. The Morgan fingerprint density at radius 1 is 1.09 bits per heavy atom. The number of H-pyrrole nitrogens is 1. The molecule has 11 heteroatoms. The minimum absolute atomic E-state index is 0.00113. The summed E-state index contributed by atoms with van der Waals surface area (Å²) in [6.45, 7) is -14.8. The number of benzene rings is 1. The van der Waals surface area contributed by atoms with E-state index >= 15 is 0 Å². The first-order valence-corrected chi connectivity index (χ1v) is 9.80. The van der Waals surface area contributed by atoms with Crippen LogP contribution in [-0.2, 0) is 4.79 Å². The van der Waals surface area contributed by atoms with Crippen LogP contribution in [0.1, 0.15) is 31.7 Å². The van der Waals surface area contributed by atoms with Gasteiger partial charge in [-0.05, 0) is 12.1 Å². The molecular weight excluding hydrogens is 438 g/mol. The summed E-state index contributed by atoms with van der Waals surface area (Å²) in [5.41, 5.74) is -0.535. The summed E-state index contributed by atoms with van der Waals surface area (Å²) in [7, 11) is 1.26. The van der Waals surface area contributed by atoms with Crippen LogP contribution >= 0.6 is 0 Å². The molecule has 3 aromatic heterocycles. The number of methoxy groups -OCH3 is 1. The number of hydrogen-bond donors (Lipinski definition) is 1. The van der Waals surface area contributed by atoms with Gasteiger partial charge in [0.1, 0.15) is 5.75 Å². The lowest BCUT2D eigenvalue weighted by molar-refractivity contribution is -0.127. The Kier molecular flexibility index (Phi) is 3.58. The maximum atomic E-state index is 13.7. The molecule has 5 rings (SSSR count). The highest BCUT2D eigenvalue weighted by atomic mass is 16.5. The SMILES string of the molecule is [2H]C1([2H])N(C(=O)C(=O)c2c[nH]c3c(-n4ccnn4)ncc(OC)c23)C([2H])([2H])C([2H])([2H])N(C(=O)c2ccccc2)C1([2H])[2H]. The van der Waals surface area contributed by atoms with Crippen LogP contribution in [0.3, 0.4) is 0 Å². The molecule has 4 aromatic rings. The molecule has 1 fully saturated rings. The number of piperazine rings is 1. The Morgan fingerprint density at radius 3 is 2.50 bits per heavy atom. The second kappa shape index (κ2) is 8.77. The van der Waals surface area contributed by atoms with Crippen molar-refractivity contribution in [3.63, 3.8) is 0 Å². The summed E-state index contributed by atoms with van der Waals surface area (Å²) in [5, 5.41) is 7.52. The molecule has 1 aromatic carbocycles. The van der Waals surface area contributed by atoms with Crippen LogP contribution in [0.15, 0.2) is 55.1 Å². The first kappa shape index (κ1) is 13.9. The highest BCUT2D eigenvalue weighted by molar-refractivity contribution is 6.45. The molecule has 0 saturated carbocycles. The van der Waals surface area contributed by atoms with Crippen molar-refractivity contribution in [2.75, 3.05) is 33.1 Å². The number of aromatic amines is 1. The molecule has 0 radical (unpaired) electrons. The minimum Gasteiger partial charge on any atom is -0.494 e. The predicted octanol–water partition coefficient (Wildman–Crippen LogP) is 1.32. The molecule has 11 nitrogen and oxygen atoms in total. The molecule has 1 N–H and O–H groups in total. The molecule has 1 aliphatic rings. The number of fused-ring (bicyclic) bond motifs is 1. The van der Waals surface area contributed by atoms with Gasteiger partial charge in [0, 0.05) is 37.7 Å². The number of amides is 2. The topological polar surface area (TPSA) is 126 Å². The molecule has 34 heavy (non-hydrogen) atoms. The molecular formula is C23H21N7O4. The lowest BCUT2D eigenvalue weighted by Gasteiger charge is -2.34. The molecule has 1 aliphatic heterocycles. The number of pyridine rings is 1. The molecule has 0 spiro atoms. The zero-order chi connectivity index (χ0) is 30.8. The van der Waals surface area contributed by atoms with Crippen LogP contribution in [0.4, 0.5) is 0 Å². The Balaban J connectivity index is 1.62. The van der Waals surface area contributed by atoms with Crippen LogP contribution in [0.25, 0.3) is 16.7 Å². The van der Waals surface area contributed by atoms with Crippen molar-refractivity contribution < 1.29 is 30.1 Å². The van der Waals surface area contributed by atoms with E-state index in [4.69, 9.17) is 15.7 Å². The first-order valence-electron chi connectivity index (χ1n) is 13.8. The number of aromatic nitrogens is 5. The van der Waals surface area contributed by atoms with E-state index < -0.39 is 54.0 Å². The second-order valence-corrected chi connectivity index (χ2v) is 6.87. The zero-order valence-corrected chi connectivity index (χ0v) is 17.5. The van der Waals surface area contributed by atoms with Crippen molar-refractivity contribution in [2.45, 2.75) is 0 Å². The average Bonchev–Trinajstić information content (AvgIpc) is 3.62. The van der Waals surface area contributed by atoms with Crippen LogP contribution in [0, 0.1) is 0 Å². The number of ether oxygens (including phenoxy) is 1. The van der Waals surface area contributed by atoms with E-state index in [1.807, 2.05) is 0 Å². The van der Waals surface area contributed by atoms with E-state index in [9.17, 15) is 14.4 Å². The third-order valence-corrected chi connectivity index (χ3v) is 4.93. The fourth-order valence-corrected chi connectivity index (χ4v) is 3.32. The van der Waals surface area contributed by atoms with E-state index in [1.165, 1.54) is 60.7 Å². The largest absolute Gasteiger partial charge is 0.494 e. The number of hydrogen-bond acceptors (Lipinski definition) is 7. The van der Waals surface area contributed by atoms with Crippen molar-refractivity contribution in [1.29, 1.82) is 0 Å². The van der Waals surface area contributed by atoms with Gasteiger partial charge in [-0.25, -0.2) is 9.67 Å². The van der Waals surface area contributed by atoms with Gasteiger partial charge >= 0.3 is 0 Å². The highest BCUT2D eigenvalue weighted by Crippen LogP contribution is 2.31. The molecule has 0 unspecified atom stereocenters. The van der Waals surface area contributed by atoms with Crippen molar-refractivity contribution in [1.82, 2.24) is 34.8 Å². The van der Waals surface area contributed by atoms with E-state index in [0.29, 0.717) is 0 Å². The van der Waals surface area contributed by atoms with Gasteiger partial charge in [-0.2, -0.15) is 0 Å². The number of Topliss-reactive ketones (excluding diaryl/α,β-unsaturated/α-hetero) is 1. The first-order chi connectivity index (χ1) is 19.6. The van der Waals surface area contributed by atoms with E-state index in [0.717, 1.165) is 6.20 Å². The van der Waals surface area contributed by atoms with Gasteiger partial charge in [0.15, 0.2) is 5.82 Å². The summed E-state index contributed by atoms with van der Waals surface area (Å²) < 4.78 is 74.5. The van der Waals surface area contributed by atoms with E-state index in [2.05, 4.69) is 20.3 Å². The van der Waals surface area contributed by atoms with Gasteiger partial charge in [-0.3, -0.25) is 14.4 Å². The number of ketones is 1. The molecule has 0 bridgehead atoms. The third-order valence-electron chi connectivity index (χ3n) is 4.93. The summed E-state index contributed by atoms with van der Waals surface area (Å²) in [6, 6.07) is 6.77. The van der Waals surface area contributed by atoms with Crippen molar-refractivity contribution in [3.05, 3.63) is 66.2 Å². The van der Waals surface area contributed by atoms with Gasteiger partial charge in [-0.1, -0.05) is 23.4 Å². The Bertz CT molecular complexity index is 1680.